The summed E-state index contributed by atoms with van der Waals surface area (Å²) in [6.07, 6.45) is 0. The van der Waals surface area contributed by atoms with Crippen LogP contribution in [0.4, 0.5) is 0 Å². The van der Waals surface area contributed by atoms with Crippen LogP contribution < -0.4 is 5.90 Å². The second-order valence-corrected chi connectivity index (χ2v) is 4.39. The van der Waals surface area contributed by atoms with Gasteiger partial charge in [-0.15, -0.1) is 11.3 Å². The first-order chi connectivity index (χ1) is 5.24. The zero-order valence-electron chi connectivity index (χ0n) is 6.08. The lowest BCUT2D eigenvalue weighted by molar-refractivity contribution is 0.126. The topological polar surface area (TPSA) is 48.1 Å². The Morgan fingerprint density at radius 3 is 3.09 bits per heavy atom. The molecule has 0 radical (unpaired) electrons. The highest BCUT2D eigenvalue weighted by molar-refractivity contribution is 9.11. The maximum atomic E-state index is 4.94. The molecule has 0 aliphatic rings. The van der Waals surface area contributed by atoms with Crippen LogP contribution in [-0.2, 0) is 4.84 Å². The Bertz CT molecular complexity index is 228. The van der Waals surface area contributed by atoms with Gasteiger partial charge in [-0.1, -0.05) is 6.92 Å². The molecular weight excluding hydrogens is 228 g/mol. The van der Waals surface area contributed by atoms with Crippen molar-refractivity contribution in [1.29, 1.82) is 0 Å². The van der Waals surface area contributed by atoms with E-state index in [1.165, 1.54) is 0 Å². The summed E-state index contributed by atoms with van der Waals surface area (Å²) in [4.78, 5) is 8.75. The van der Waals surface area contributed by atoms with Crippen molar-refractivity contribution in [3.05, 3.63) is 15.0 Å². The lowest BCUT2D eigenvalue weighted by atomic mass is 10.1. The Morgan fingerprint density at radius 2 is 2.64 bits per heavy atom. The van der Waals surface area contributed by atoms with Gasteiger partial charge >= 0.3 is 0 Å². The lowest BCUT2D eigenvalue weighted by Gasteiger charge is -2.04. The Balaban J connectivity index is 2.60. The molecule has 5 heteroatoms. The molecule has 0 saturated carbocycles. The number of nitrogens with zero attached hydrogens (tertiary/aromatic N) is 1. The summed E-state index contributed by atoms with van der Waals surface area (Å²) < 4.78 is 0.899. The molecule has 1 rings (SSSR count). The first-order valence-electron chi connectivity index (χ1n) is 3.16. The molecule has 0 bridgehead atoms. The first-order valence-corrected chi connectivity index (χ1v) is 4.84. The van der Waals surface area contributed by atoms with Gasteiger partial charge in [0.05, 0.1) is 12.3 Å². The first kappa shape index (κ1) is 9.12. The van der Waals surface area contributed by atoms with Crippen LogP contribution in [0.3, 0.4) is 0 Å². The Kier molecular flexibility index (Phi) is 3.45. The fraction of sp³-hybridized carbons (Fsp3) is 0.500. The number of aromatic nitrogens is 1. The van der Waals surface area contributed by atoms with Crippen molar-refractivity contribution >= 4 is 27.3 Å². The predicted molar refractivity (Wildman–Crippen MR) is 48.4 cm³/mol. The maximum Gasteiger partial charge on any atom is 0.159 e. The average Bonchev–Trinajstić information content (AvgIpc) is 2.36. The van der Waals surface area contributed by atoms with Gasteiger partial charge in [-0.2, -0.15) is 0 Å². The number of thiazole rings is 1. The zero-order chi connectivity index (χ0) is 8.27. The normalized spacial score (nSPS) is 13.4. The van der Waals surface area contributed by atoms with Gasteiger partial charge in [0.15, 0.2) is 3.92 Å². The molecule has 0 saturated heterocycles. The van der Waals surface area contributed by atoms with Gasteiger partial charge < -0.3 is 4.84 Å². The monoisotopic (exact) mass is 236 g/mol. The second kappa shape index (κ2) is 4.15. The molecule has 0 fully saturated rings. The van der Waals surface area contributed by atoms with Crippen molar-refractivity contribution in [1.82, 2.24) is 4.98 Å². The van der Waals surface area contributed by atoms with E-state index in [2.05, 4.69) is 25.8 Å². The van der Waals surface area contributed by atoms with Crippen molar-refractivity contribution in [3.8, 4) is 0 Å². The summed E-state index contributed by atoms with van der Waals surface area (Å²) >= 11 is 4.85. The molecule has 1 unspecified atom stereocenters. The third kappa shape index (κ3) is 2.52. The van der Waals surface area contributed by atoms with Crippen LogP contribution in [0.5, 0.6) is 0 Å². The largest absolute Gasteiger partial charge is 0.304 e. The van der Waals surface area contributed by atoms with Crippen molar-refractivity contribution < 1.29 is 4.84 Å². The SMILES string of the molecule is CC(CON)c1csc(Br)n1. The van der Waals surface area contributed by atoms with Crippen LogP contribution in [0.2, 0.25) is 0 Å². The smallest absolute Gasteiger partial charge is 0.159 e. The standard InChI is InChI=1S/C6H9BrN2OS/c1-4(2-10-8)5-3-11-6(7)9-5/h3-4H,2,8H2,1H3. The van der Waals surface area contributed by atoms with Crippen LogP contribution in [0, 0.1) is 0 Å². The Hall–Kier alpha value is 0.0300. The predicted octanol–water partition coefficient (Wildman–Crippen LogP) is 1.90. The molecule has 1 heterocycles. The van der Waals surface area contributed by atoms with Crippen molar-refractivity contribution in [2.45, 2.75) is 12.8 Å². The number of halogens is 1. The zero-order valence-corrected chi connectivity index (χ0v) is 8.48. The third-order valence-electron chi connectivity index (χ3n) is 1.35. The summed E-state index contributed by atoms with van der Waals surface area (Å²) in [7, 11) is 0. The molecule has 11 heavy (non-hydrogen) atoms. The quantitative estimate of drug-likeness (QED) is 0.816. The molecule has 1 atom stereocenters. The Morgan fingerprint density at radius 1 is 1.91 bits per heavy atom. The van der Waals surface area contributed by atoms with Gasteiger partial charge in [0.2, 0.25) is 0 Å². The van der Waals surface area contributed by atoms with Gasteiger partial charge in [-0.05, 0) is 15.9 Å². The minimum absolute atomic E-state index is 0.266. The van der Waals surface area contributed by atoms with E-state index in [1.54, 1.807) is 11.3 Å². The maximum absolute atomic E-state index is 4.94. The average molecular weight is 237 g/mol. The van der Waals surface area contributed by atoms with E-state index in [-0.39, 0.29) is 5.92 Å². The fourth-order valence-corrected chi connectivity index (χ4v) is 1.87. The molecular formula is C6H9BrN2OS. The van der Waals surface area contributed by atoms with Gasteiger partial charge in [0.1, 0.15) is 0 Å². The van der Waals surface area contributed by atoms with E-state index in [9.17, 15) is 0 Å². The Labute approximate surface area is 77.7 Å². The minimum atomic E-state index is 0.266. The summed E-state index contributed by atoms with van der Waals surface area (Å²) in [6.45, 7) is 2.53. The number of hydrogen-bond donors (Lipinski definition) is 1. The minimum Gasteiger partial charge on any atom is -0.304 e. The summed E-state index contributed by atoms with van der Waals surface area (Å²) in [5.74, 6) is 5.20. The molecule has 1 aromatic rings. The van der Waals surface area contributed by atoms with Gasteiger partial charge in [0, 0.05) is 11.3 Å². The van der Waals surface area contributed by atoms with Gasteiger partial charge in [-0.3, -0.25) is 0 Å². The molecule has 3 nitrogen and oxygen atoms in total. The molecule has 0 amide bonds. The second-order valence-electron chi connectivity index (χ2n) is 2.26. The summed E-state index contributed by atoms with van der Waals surface area (Å²) in [5.41, 5.74) is 1.02. The molecule has 0 aliphatic carbocycles. The van der Waals surface area contributed by atoms with Crippen LogP contribution in [0.15, 0.2) is 9.30 Å². The fourth-order valence-electron chi connectivity index (χ4n) is 0.719. The van der Waals surface area contributed by atoms with Gasteiger partial charge in [0.25, 0.3) is 0 Å². The highest BCUT2D eigenvalue weighted by atomic mass is 79.9. The van der Waals surface area contributed by atoms with E-state index in [0.29, 0.717) is 6.61 Å². The van der Waals surface area contributed by atoms with Crippen molar-refractivity contribution in [2.24, 2.45) is 5.90 Å². The van der Waals surface area contributed by atoms with Crippen molar-refractivity contribution in [3.63, 3.8) is 0 Å². The van der Waals surface area contributed by atoms with E-state index < -0.39 is 0 Å². The van der Waals surface area contributed by atoms with Crippen LogP contribution in [-0.4, -0.2) is 11.6 Å². The van der Waals surface area contributed by atoms with Crippen molar-refractivity contribution in [2.75, 3.05) is 6.61 Å². The molecule has 0 spiro atoms. The van der Waals surface area contributed by atoms with E-state index in [1.807, 2.05) is 12.3 Å². The summed E-state index contributed by atoms with van der Waals surface area (Å²) in [5, 5.41) is 1.99. The third-order valence-corrected chi connectivity index (χ3v) is 2.73. The molecule has 62 valence electrons. The number of rotatable bonds is 3. The van der Waals surface area contributed by atoms with E-state index in [0.717, 1.165) is 9.61 Å². The lowest BCUT2D eigenvalue weighted by Crippen LogP contribution is -2.08. The summed E-state index contributed by atoms with van der Waals surface area (Å²) in [6, 6.07) is 0. The van der Waals surface area contributed by atoms with Crippen LogP contribution >= 0.6 is 27.3 Å². The number of hydrogen-bond acceptors (Lipinski definition) is 4. The van der Waals surface area contributed by atoms with E-state index >= 15 is 0 Å². The van der Waals surface area contributed by atoms with Gasteiger partial charge in [-0.25, -0.2) is 10.9 Å². The highest BCUT2D eigenvalue weighted by Crippen LogP contribution is 2.21. The molecule has 0 aromatic carbocycles. The highest BCUT2D eigenvalue weighted by Gasteiger charge is 2.08. The van der Waals surface area contributed by atoms with Crippen LogP contribution in [0.25, 0.3) is 0 Å². The van der Waals surface area contributed by atoms with E-state index in [4.69, 9.17) is 5.90 Å². The molecule has 2 N–H and O–H groups in total. The molecule has 0 aliphatic heterocycles. The number of nitrogens with two attached hydrogens (primary N) is 1. The van der Waals surface area contributed by atoms with Crippen LogP contribution in [0.1, 0.15) is 18.5 Å². The molecule has 1 aromatic heterocycles.